The molecule has 1 unspecified atom stereocenters. The zero-order valence-electron chi connectivity index (χ0n) is 10.8. The first-order valence-electron chi connectivity index (χ1n) is 6.13. The Kier molecular flexibility index (Phi) is 4.80. The maximum Gasteiger partial charge on any atom is 0.387 e. The van der Waals surface area contributed by atoms with Crippen LogP contribution in [0.25, 0.3) is 0 Å². The van der Waals surface area contributed by atoms with Crippen molar-refractivity contribution in [1.29, 1.82) is 0 Å². The molecular formula is C15H12F4O2. The summed E-state index contributed by atoms with van der Waals surface area (Å²) in [6.45, 7) is -2.98. The zero-order valence-corrected chi connectivity index (χ0v) is 10.8. The lowest BCUT2D eigenvalue weighted by atomic mass is 10.0. The number of aliphatic hydroxyl groups is 1. The zero-order chi connectivity index (χ0) is 15.4. The minimum absolute atomic E-state index is 0.129. The van der Waals surface area contributed by atoms with Crippen molar-refractivity contribution in [3.8, 4) is 5.75 Å². The van der Waals surface area contributed by atoms with Crippen LogP contribution in [0.3, 0.4) is 0 Å². The second-order valence-electron chi connectivity index (χ2n) is 4.37. The van der Waals surface area contributed by atoms with Gasteiger partial charge < -0.3 is 9.84 Å². The van der Waals surface area contributed by atoms with Crippen molar-refractivity contribution in [3.05, 3.63) is 65.2 Å². The number of hydrogen-bond acceptors (Lipinski definition) is 2. The van der Waals surface area contributed by atoms with Crippen molar-refractivity contribution < 1.29 is 27.4 Å². The molecular weight excluding hydrogens is 288 g/mol. The maximum absolute atomic E-state index is 13.5. The SMILES string of the molecule is OC(Cc1c(F)cccc1F)c1cccc(OC(F)F)c1. The molecule has 0 aromatic heterocycles. The smallest absolute Gasteiger partial charge is 0.387 e. The molecule has 0 aliphatic rings. The highest BCUT2D eigenvalue weighted by Gasteiger charge is 2.16. The van der Waals surface area contributed by atoms with Crippen LogP contribution in [-0.2, 0) is 6.42 Å². The fraction of sp³-hybridized carbons (Fsp3) is 0.200. The van der Waals surface area contributed by atoms with E-state index < -0.39 is 24.3 Å². The Morgan fingerprint density at radius 3 is 2.24 bits per heavy atom. The quantitative estimate of drug-likeness (QED) is 0.850. The Balaban J connectivity index is 2.18. The molecule has 0 bridgehead atoms. The second kappa shape index (κ2) is 6.58. The Morgan fingerprint density at radius 2 is 1.62 bits per heavy atom. The lowest BCUT2D eigenvalue weighted by Gasteiger charge is -2.14. The summed E-state index contributed by atoms with van der Waals surface area (Å²) < 4.78 is 55.5. The number of rotatable bonds is 5. The van der Waals surface area contributed by atoms with Gasteiger partial charge in [-0.2, -0.15) is 8.78 Å². The fourth-order valence-corrected chi connectivity index (χ4v) is 1.94. The van der Waals surface area contributed by atoms with Crippen molar-refractivity contribution in [2.45, 2.75) is 19.1 Å². The van der Waals surface area contributed by atoms with E-state index in [0.717, 1.165) is 12.1 Å². The summed E-state index contributed by atoms with van der Waals surface area (Å²) in [6.07, 6.45) is -1.55. The van der Waals surface area contributed by atoms with E-state index in [1.807, 2.05) is 0 Å². The van der Waals surface area contributed by atoms with Crippen LogP contribution in [-0.4, -0.2) is 11.7 Å². The van der Waals surface area contributed by atoms with Crippen LogP contribution in [0.2, 0.25) is 0 Å². The number of halogens is 4. The van der Waals surface area contributed by atoms with Crippen LogP contribution >= 0.6 is 0 Å². The highest BCUT2D eigenvalue weighted by atomic mass is 19.3. The molecule has 0 amide bonds. The van der Waals surface area contributed by atoms with Gasteiger partial charge in [0.15, 0.2) is 0 Å². The monoisotopic (exact) mass is 300 g/mol. The fourth-order valence-electron chi connectivity index (χ4n) is 1.94. The molecule has 0 radical (unpaired) electrons. The summed E-state index contributed by atoms with van der Waals surface area (Å²) in [4.78, 5) is 0. The molecule has 0 aliphatic heterocycles. The third kappa shape index (κ3) is 3.95. The maximum atomic E-state index is 13.5. The molecule has 2 aromatic carbocycles. The van der Waals surface area contributed by atoms with E-state index >= 15 is 0 Å². The van der Waals surface area contributed by atoms with E-state index in [4.69, 9.17) is 0 Å². The molecule has 2 aromatic rings. The van der Waals surface area contributed by atoms with Crippen molar-refractivity contribution in [2.24, 2.45) is 0 Å². The Labute approximate surface area is 118 Å². The topological polar surface area (TPSA) is 29.5 Å². The summed E-state index contributed by atoms with van der Waals surface area (Å²) >= 11 is 0. The average Bonchev–Trinajstić information content (AvgIpc) is 2.42. The molecule has 6 heteroatoms. The summed E-state index contributed by atoms with van der Waals surface area (Å²) in [7, 11) is 0. The first-order valence-corrected chi connectivity index (χ1v) is 6.13. The van der Waals surface area contributed by atoms with Gasteiger partial charge in [-0.25, -0.2) is 8.78 Å². The summed E-state index contributed by atoms with van der Waals surface area (Å²) in [5.74, 6) is -1.67. The molecule has 0 spiro atoms. The van der Waals surface area contributed by atoms with E-state index in [1.165, 1.54) is 30.3 Å². The molecule has 0 heterocycles. The normalized spacial score (nSPS) is 12.5. The van der Waals surface area contributed by atoms with E-state index in [-0.39, 0.29) is 23.3 Å². The highest BCUT2D eigenvalue weighted by molar-refractivity contribution is 5.31. The van der Waals surface area contributed by atoms with Crippen LogP contribution in [0.5, 0.6) is 5.75 Å². The van der Waals surface area contributed by atoms with Crippen LogP contribution in [0.4, 0.5) is 17.6 Å². The average molecular weight is 300 g/mol. The van der Waals surface area contributed by atoms with E-state index in [0.29, 0.717) is 0 Å². The largest absolute Gasteiger partial charge is 0.435 e. The number of alkyl halides is 2. The molecule has 0 saturated carbocycles. The van der Waals surface area contributed by atoms with Gasteiger partial charge in [0.05, 0.1) is 6.10 Å². The van der Waals surface area contributed by atoms with Gasteiger partial charge in [-0.15, -0.1) is 0 Å². The van der Waals surface area contributed by atoms with Gasteiger partial charge >= 0.3 is 6.61 Å². The third-order valence-corrected chi connectivity index (χ3v) is 2.93. The van der Waals surface area contributed by atoms with E-state index in [1.54, 1.807) is 0 Å². The second-order valence-corrected chi connectivity index (χ2v) is 4.37. The van der Waals surface area contributed by atoms with Crippen molar-refractivity contribution >= 4 is 0 Å². The Morgan fingerprint density at radius 1 is 1.00 bits per heavy atom. The van der Waals surface area contributed by atoms with Gasteiger partial charge in [-0.05, 0) is 29.8 Å². The van der Waals surface area contributed by atoms with Gasteiger partial charge in [-0.3, -0.25) is 0 Å². The van der Waals surface area contributed by atoms with Gasteiger partial charge in [0.1, 0.15) is 17.4 Å². The van der Waals surface area contributed by atoms with Crippen molar-refractivity contribution in [2.75, 3.05) is 0 Å². The molecule has 2 rings (SSSR count). The van der Waals surface area contributed by atoms with Crippen molar-refractivity contribution in [3.63, 3.8) is 0 Å². The standard InChI is InChI=1S/C15H12F4O2/c16-12-5-2-6-13(17)11(12)8-14(20)9-3-1-4-10(7-9)21-15(18)19/h1-7,14-15,20H,8H2. The van der Waals surface area contributed by atoms with Gasteiger partial charge in [-0.1, -0.05) is 18.2 Å². The van der Waals surface area contributed by atoms with Gasteiger partial charge in [0.2, 0.25) is 0 Å². The predicted octanol–water partition coefficient (Wildman–Crippen LogP) is 3.84. The summed E-state index contributed by atoms with van der Waals surface area (Å²) in [5.41, 5.74) is -0.0269. The van der Waals surface area contributed by atoms with Gasteiger partial charge in [0, 0.05) is 12.0 Å². The molecule has 0 aliphatic carbocycles. The minimum Gasteiger partial charge on any atom is -0.435 e. The number of aliphatic hydroxyl groups excluding tert-OH is 1. The highest BCUT2D eigenvalue weighted by Crippen LogP contribution is 2.25. The predicted molar refractivity (Wildman–Crippen MR) is 68.1 cm³/mol. The van der Waals surface area contributed by atoms with Crippen molar-refractivity contribution in [1.82, 2.24) is 0 Å². The third-order valence-electron chi connectivity index (χ3n) is 2.93. The first-order chi connectivity index (χ1) is 9.97. The summed E-state index contributed by atoms with van der Waals surface area (Å²) in [6, 6.07) is 8.76. The minimum atomic E-state index is -2.98. The number of benzene rings is 2. The van der Waals surface area contributed by atoms with Crippen LogP contribution in [0.1, 0.15) is 17.2 Å². The van der Waals surface area contributed by atoms with Gasteiger partial charge in [0.25, 0.3) is 0 Å². The molecule has 1 N–H and O–H groups in total. The van der Waals surface area contributed by atoms with Crippen LogP contribution < -0.4 is 4.74 Å². The number of hydrogen-bond donors (Lipinski definition) is 1. The first kappa shape index (κ1) is 15.3. The van der Waals surface area contributed by atoms with Crippen LogP contribution in [0.15, 0.2) is 42.5 Å². The molecule has 112 valence electrons. The lowest BCUT2D eigenvalue weighted by molar-refractivity contribution is -0.0499. The summed E-state index contributed by atoms with van der Waals surface area (Å²) in [5, 5.41) is 10.0. The molecule has 21 heavy (non-hydrogen) atoms. The molecule has 0 fully saturated rings. The molecule has 0 saturated heterocycles. The Hall–Kier alpha value is -2.08. The van der Waals surface area contributed by atoms with E-state index in [9.17, 15) is 22.7 Å². The Bertz CT molecular complexity index is 596. The molecule has 2 nitrogen and oxygen atoms in total. The van der Waals surface area contributed by atoms with E-state index in [2.05, 4.69) is 4.74 Å². The lowest BCUT2D eigenvalue weighted by Crippen LogP contribution is -2.07. The van der Waals surface area contributed by atoms with Crippen LogP contribution in [0, 0.1) is 11.6 Å². The number of ether oxygens (including phenoxy) is 1. The molecule has 1 atom stereocenters.